The van der Waals surface area contributed by atoms with Crippen molar-refractivity contribution >= 4 is 17.6 Å². The Morgan fingerprint density at radius 1 is 1.21 bits per heavy atom. The number of rotatable bonds is 4. The Labute approximate surface area is 115 Å². The molecule has 19 heavy (non-hydrogen) atoms. The maximum atomic E-state index is 11.1. The van der Waals surface area contributed by atoms with Crippen LogP contribution in [0.15, 0.2) is 36.7 Å². The molecular formula is C14H12ClNO3. The molecule has 0 spiro atoms. The molecular weight excluding hydrogens is 266 g/mol. The second-order valence-corrected chi connectivity index (χ2v) is 4.55. The minimum absolute atomic E-state index is 0.119. The maximum Gasteiger partial charge on any atom is 0.336 e. The smallest absolute Gasteiger partial charge is 0.336 e. The number of carboxylic acid groups (broad SMARTS) is 1. The van der Waals surface area contributed by atoms with E-state index in [1.54, 1.807) is 12.1 Å². The lowest BCUT2D eigenvalue weighted by Crippen LogP contribution is -2.04. The SMILES string of the molecule is O=C(O)c1ccncc1CCc1ccc(Cl)cc1O. The number of phenolic OH excluding ortho intramolecular Hbond substituents is 1. The summed E-state index contributed by atoms with van der Waals surface area (Å²) in [5, 5.41) is 19.3. The summed E-state index contributed by atoms with van der Waals surface area (Å²) in [6.45, 7) is 0. The molecule has 5 heteroatoms. The van der Waals surface area contributed by atoms with Crippen molar-refractivity contribution in [3.8, 4) is 5.75 Å². The Hall–Kier alpha value is -2.07. The average Bonchev–Trinajstić information content (AvgIpc) is 2.38. The lowest BCUT2D eigenvalue weighted by atomic mass is 10.0. The summed E-state index contributed by atoms with van der Waals surface area (Å²) >= 11 is 5.75. The van der Waals surface area contributed by atoms with Gasteiger partial charge in [0, 0.05) is 17.4 Å². The van der Waals surface area contributed by atoms with Crippen LogP contribution in [0, 0.1) is 0 Å². The third-order valence-corrected chi connectivity index (χ3v) is 3.08. The van der Waals surface area contributed by atoms with Crippen LogP contribution in [0.5, 0.6) is 5.75 Å². The van der Waals surface area contributed by atoms with Crippen LogP contribution >= 0.6 is 11.6 Å². The number of pyridine rings is 1. The number of aromatic carboxylic acids is 1. The second kappa shape index (κ2) is 5.71. The zero-order valence-corrected chi connectivity index (χ0v) is 10.8. The normalized spacial score (nSPS) is 10.4. The molecule has 1 aromatic heterocycles. The van der Waals surface area contributed by atoms with Crippen LogP contribution in [0.25, 0.3) is 0 Å². The summed E-state index contributed by atoms with van der Waals surface area (Å²) in [4.78, 5) is 15.0. The fraction of sp³-hybridized carbons (Fsp3) is 0.143. The molecule has 1 heterocycles. The van der Waals surface area contributed by atoms with Gasteiger partial charge in [0.15, 0.2) is 0 Å². The van der Waals surface area contributed by atoms with Gasteiger partial charge in [0.1, 0.15) is 5.75 Å². The number of nitrogens with zero attached hydrogens (tertiary/aromatic N) is 1. The number of carboxylic acids is 1. The predicted octanol–water partition coefficient (Wildman–Crippen LogP) is 2.92. The van der Waals surface area contributed by atoms with Crippen molar-refractivity contribution in [1.29, 1.82) is 0 Å². The van der Waals surface area contributed by atoms with Gasteiger partial charge in [-0.25, -0.2) is 4.79 Å². The van der Waals surface area contributed by atoms with Gasteiger partial charge < -0.3 is 10.2 Å². The van der Waals surface area contributed by atoms with Gasteiger partial charge in [-0.05, 0) is 42.2 Å². The van der Waals surface area contributed by atoms with Gasteiger partial charge in [0.25, 0.3) is 0 Å². The minimum Gasteiger partial charge on any atom is -0.508 e. The first kappa shape index (κ1) is 13.4. The number of hydrogen-bond acceptors (Lipinski definition) is 3. The topological polar surface area (TPSA) is 70.4 Å². The first-order valence-electron chi connectivity index (χ1n) is 5.71. The molecule has 0 saturated heterocycles. The van der Waals surface area contributed by atoms with Gasteiger partial charge in [-0.2, -0.15) is 0 Å². The minimum atomic E-state index is -0.974. The summed E-state index contributed by atoms with van der Waals surface area (Å²) in [5.41, 5.74) is 1.61. The first-order chi connectivity index (χ1) is 9.08. The average molecular weight is 278 g/mol. The van der Waals surface area contributed by atoms with Crippen LogP contribution in [0.1, 0.15) is 21.5 Å². The van der Waals surface area contributed by atoms with Gasteiger partial charge in [-0.1, -0.05) is 17.7 Å². The predicted molar refractivity (Wildman–Crippen MR) is 71.7 cm³/mol. The van der Waals surface area contributed by atoms with E-state index in [-0.39, 0.29) is 11.3 Å². The van der Waals surface area contributed by atoms with Crippen LogP contribution in [0.3, 0.4) is 0 Å². The number of aryl methyl sites for hydroxylation is 2. The molecule has 4 nitrogen and oxygen atoms in total. The Kier molecular flexibility index (Phi) is 4.02. The zero-order valence-electron chi connectivity index (χ0n) is 10.0. The van der Waals surface area contributed by atoms with Gasteiger partial charge in [0.05, 0.1) is 5.56 Å². The zero-order chi connectivity index (χ0) is 13.8. The monoisotopic (exact) mass is 277 g/mol. The van der Waals surface area contributed by atoms with E-state index < -0.39 is 5.97 Å². The van der Waals surface area contributed by atoms with E-state index in [1.165, 1.54) is 24.5 Å². The Morgan fingerprint density at radius 2 is 1.95 bits per heavy atom. The van der Waals surface area contributed by atoms with Gasteiger partial charge in [-0.15, -0.1) is 0 Å². The van der Waals surface area contributed by atoms with Crippen molar-refractivity contribution in [2.45, 2.75) is 12.8 Å². The van der Waals surface area contributed by atoms with Crippen LogP contribution in [-0.2, 0) is 12.8 Å². The Morgan fingerprint density at radius 3 is 2.63 bits per heavy atom. The molecule has 0 aliphatic heterocycles. The third kappa shape index (κ3) is 3.23. The van der Waals surface area contributed by atoms with Crippen molar-refractivity contribution in [2.75, 3.05) is 0 Å². The number of aromatic hydroxyl groups is 1. The highest BCUT2D eigenvalue weighted by atomic mass is 35.5. The van der Waals surface area contributed by atoms with E-state index in [4.69, 9.17) is 16.7 Å². The van der Waals surface area contributed by atoms with Crippen LogP contribution < -0.4 is 0 Å². The van der Waals surface area contributed by atoms with Gasteiger partial charge in [-0.3, -0.25) is 4.98 Å². The molecule has 0 fully saturated rings. The molecule has 0 aliphatic carbocycles. The quantitative estimate of drug-likeness (QED) is 0.901. The molecule has 0 radical (unpaired) electrons. The van der Waals surface area contributed by atoms with E-state index in [9.17, 15) is 9.90 Å². The summed E-state index contributed by atoms with van der Waals surface area (Å²) < 4.78 is 0. The lowest BCUT2D eigenvalue weighted by Gasteiger charge is -2.07. The Balaban J connectivity index is 2.17. The molecule has 1 aromatic carbocycles. The van der Waals surface area contributed by atoms with Crippen molar-refractivity contribution in [3.05, 3.63) is 58.4 Å². The first-order valence-corrected chi connectivity index (χ1v) is 6.09. The lowest BCUT2D eigenvalue weighted by molar-refractivity contribution is 0.0695. The van der Waals surface area contributed by atoms with Crippen molar-refractivity contribution < 1.29 is 15.0 Å². The standard InChI is InChI=1S/C14H12ClNO3/c15-11-4-3-9(13(17)7-11)1-2-10-8-16-6-5-12(10)14(18)19/h3-8,17H,1-2H2,(H,18,19). The third-order valence-electron chi connectivity index (χ3n) is 2.85. The van der Waals surface area contributed by atoms with E-state index in [0.29, 0.717) is 23.4 Å². The summed E-state index contributed by atoms with van der Waals surface area (Å²) in [6, 6.07) is 6.37. The summed E-state index contributed by atoms with van der Waals surface area (Å²) in [6.07, 6.45) is 4.00. The highest BCUT2D eigenvalue weighted by Gasteiger charge is 2.10. The van der Waals surface area contributed by atoms with Gasteiger partial charge >= 0.3 is 5.97 Å². The number of aromatic nitrogens is 1. The molecule has 2 aromatic rings. The largest absolute Gasteiger partial charge is 0.508 e. The summed E-state index contributed by atoms with van der Waals surface area (Å²) in [5.74, 6) is -0.856. The summed E-state index contributed by atoms with van der Waals surface area (Å²) in [7, 11) is 0. The molecule has 2 rings (SSSR count). The molecule has 0 saturated carbocycles. The molecule has 0 aliphatic rings. The molecule has 2 N–H and O–H groups in total. The number of benzene rings is 1. The van der Waals surface area contributed by atoms with Crippen molar-refractivity contribution in [1.82, 2.24) is 4.98 Å². The van der Waals surface area contributed by atoms with E-state index in [1.807, 2.05) is 0 Å². The molecule has 0 unspecified atom stereocenters. The van der Waals surface area contributed by atoms with Gasteiger partial charge in [0.2, 0.25) is 0 Å². The van der Waals surface area contributed by atoms with Crippen molar-refractivity contribution in [2.24, 2.45) is 0 Å². The molecule has 0 amide bonds. The Bertz CT molecular complexity index is 613. The van der Waals surface area contributed by atoms with Crippen LogP contribution in [0.4, 0.5) is 0 Å². The van der Waals surface area contributed by atoms with Crippen LogP contribution in [-0.4, -0.2) is 21.2 Å². The fourth-order valence-corrected chi connectivity index (χ4v) is 2.02. The molecule has 0 atom stereocenters. The highest BCUT2D eigenvalue weighted by Crippen LogP contribution is 2.23. The highest BCUT2D eigenvalue weighted by molar-refractivity contribution is 6.30. The van der Waals surface area contributed by atoms with Crippen LogP contribution in [0.2, 0.25) is 5.02 Å². The van der Waals surface area contributed by atoms with E-state index in [2.05, 4.69) is 4.98 Å². The fourth-order valence-electron chi connectivity index (χ4n) is 1.85. The molecule has 98 valence electrons. The second-order valence-electron chi connectivity index (χ2n) is 4.11. The number of phenols is 1. The maximum absolute atomic E-state index is 11.1. The number of carbonyl (C=O) groups is 1. The van der Waals surface area contributed by atoms with E-state index >= 15 is 0 Å². The number of halogens is 1. The van der Waals surface area contributed by atoms with Crippen molar-refractivity contribution in [3.63, 3.8) is 0 Å². The van der Waals surface area contributed by atoms with E-state index in [0.717, 1.165) is 5.56 Å². The number of hydrogen-bond donors (Lipinski definition) is 2. The molecule has 0 bridgehead atoms.